The van der Waals surface area contributed by atoms with Crippen LogP contribution in [0.5, 0.6) is 0 Å². The summed E-state index contributed by atoms with van der Waals surface area (Å²) >= 11 is 1.31. The molecule has 0 bridgehead atoms. The number of hydrogen-bond acceptors (Lipinski definition) is 4. The van der Waals surface area contributed by atoms with Crippen molar-refractivity contribution in [2.75, 3.05) is 11.9 Å². The Kier molecular flexibility index (Phi) is 5.58. The third-order valence-electron chi connectivity index (χ3n) is 3.88. The van der Waals surface area contributed by atoms with E-state index in [-0.39, 0.29) is 36.3 Å². The minimum absolute atomic E-state index is 0.0496. The molecule has 1 unspecified atom stereocenters. The standard InChI is InChI=1S/C16H24N2O3S/c1-9(2)12(6-7-19)17-16(21)14-10(3)8-13(22-14)18-15(20)11-4-5-11/h8-9,11-12,19H,4-7H2,1-3H3,(H,17,21)(H,18,20). The van der Waals surface area contributed by atoms with Crippen LogP contribution < -0.4 is 10.6 Å². The number of nitrogens with one attached hydrogen (secondary N) is 2. The fourth-order valence-corrected chi connectivity index (χ4v) is 3.26. The van der Waals surface area contributed by atoms with Crippen LogP contribution in [0.25, 0.3) is 0 Å². The van der Waals surface area contributed by atoms with Gasteiger partial charge < -0.3 is 15.7 Å². The van der Waals surface area contributed by atoms with Gasteiger partial charge in [-0.25, -0.2) is 0 Å². The van der Waals surface area contributed by atoms with E-state index in [1.165, 1.54) is 11.3 Å². The summed E-state index contributed by atoms with van der Waals surface area (Å²) in [7, 11) is 0. The van der Waals surface area contributed by atoms with Gasteiger partial charge in [0.2, 0.25) is 5.91 Å². The topological polar surface area (TPSA) is 78.4 Å². The molecular weight excluding hydrogens is 300 g/mol. The second-order valence-electron chi connectivity index (χ2n) is 6.22. The predicted molar refractivity (Wildman–Crippen MR) is 88.2 cm³/mol. The monoisotopic (exact) mass is 324 g/mol. The summed E-state index contributed by atoms with van der Waals surface area (Å²) < 4.78 is 0. The number of amides is 2. The molecule has 0 spiro atoms. The van der Waals surface area contributed by atoms with Gasteiger partial charge in [0, 0.05) is 18.6 Å². The Hall–Kier alpha value is -1.40. The van der Waals surface area contributed by atoms with Gasteiger partial charge in [-0.3, -0.25) is 9.59 Å². The lowest BCUT2D eigenvalue weighted by atomic mass is 10.0. The maximum Gasteiger partial charge on any atom is 0.261 e. The number of thiophene rings is 1. The largest absolute Gasteiger partial charge is 0.396 e. The van der Waals surface area contributed by atoms with Crippen molar-refractivity contribution in [2.24, 2.45) is 11.8 Å². The highest BCUT2D eigenvalue weighted by Crippen LogP contribution is 2.32. The maximum absolute atomic E-state index is 12.4. The van der Waals surface area contributed by atoms with Crippen LogP contribution in [0.4, 0.5) is 5.00 Å². The van der Waals surface area contributed by atoms with Gasteiger partial charge in [0.05, 0.1) is 9.88 Å². The average Bonchev–Trinajstić information content (AvgIpc) is 3.23. The normalized spacial score (nSPS) is 15.7. The molecule has 1 saturated carbocycles. The van der Waals surface area contributed by atoms with Crippen LogP contribution in [0.3, 0.4) is 0 Å². The van der Waals surface area contributed by atoms with Gasteiger partial charge in [-0.15, -0.1) is 11.3 Å². The van der Waals surface area contributed by atoms with E-state index >= 15 is 0 Å². The molecule has 1 atom stereocenters. The summed E-state index contributed by atoms with van der Waals surface area (Å²) in [5.74, 6) is 0.315. The highest BCUT2D eigenvalue weighted by molar-refractivity contribution is 7.18. The summed E-state index contributed by atoms with van der Waals surface area (Å²) in [4.78, 5) is 24.8. The predicted octanol–water partition coefficient (Wildman–Crippen LogP) is 2.54. The molecule has 0 aliphatic heterocycles. The molecule has 1 aromatic rings. The third kappa shape index (κ3) is 4.30. The van der Waals surface area contributed by atoms with E-state index in [0.29, 0.717) is 11.3 Å². The Balaban J connectivity index is 2.02. The van der Waals surface area contributed by atoms with Crippen molar-refractivity contribution >= 4 is 28.2 Å². The molecular formula is C16H24N2O3S. The summed E-state index contributed by atoms with van der Waals surface area (Å²) in [5, 5.41) is 15.7. The molecule has 1 heterocycles. The lowest BCUT2D eigenvalue weighted by Crippen LogP contribution is -2.39. The molecule has 122 valence electrons. The first-order valence-corrected chi connectivity index (χ1v) is 8.57. The van der Waals surface area contributed by atoms with Gasteiger partial charge in [0.15, 0.2) is 0 Å². The van der Waals surface area contributed by atoms with E-state index in [9.17, 15) is 9.59 Å². The summed E-state index contributed by atoms with van der Waals surface area (Å²) in [6.45, 7) is 5.95. The molecule has 6 heteroatoms. The molecule has 0 aromatic carbocycles. The lowest BCUT2D eigenvalue weighted by Gasteiger charge is -2.21. The van der Waals surface area contributed by atoms with Gasteiger partial charge >= 0.3 is 0 Å². The van der Waals surface area contributed by atoms with Crippen molar-refractivity contribution in [1.82, 2.24) is 5.32 Å². The third-order valence-corrected chi connectivity index (χ3v) is 5.03. The highest BCUT2D eigenvalue weighted by Gasteiger charge is 2.30. The Bertz CT molecular complexity index is 550. The summed E-state index contributed by atoms with van der Waals surface area (Å²) in [6, 6.07) is 1.79. The first-order chi connectivity index (χ1) is 10.4. The molecule has 5 nitrogen and oxygen atoms in total. The Morgan fingerprint density at radius 1 is 1.41 bits per heavy atom. The zero-order chi connectivity index (χ0) is 16.3. The summed E-state index contributed by atoms with van der Waals surface area (Å²) in [6.07, 6.45) is 2.46. The van der Waals surface area contributed by atoms with Crippen LogP contribution in [-0.4, -0.2) is 29.6 Å². The number of aliphatic hydroxyl groups is 1. The number of hydrogen-bond donors (Lipinski definition) is 3. The van der Waals surface area contributed by atoms with Gasteiger partial charge in [-0.1, -0.05) is 13.8 Å². The van der Waals surface area contributed by atoms with E-state index in [4.69, 9.17) is 5.11 Å². The van der Waals surface area contributed by atoms with Crippen molar-refractivity contribution in [2.45, 2.75) is 46.1 Å². The fraction of sp³-hybridized carbons (Fsp3) is 0.625. The second kappa shape index (κ2) is 7.24. The van der Waals surface area contributed by atoms with Crippen molar-refractivity contribution in [1.29, 1.82) is 0 Å². The molecule has 1 aliphatic rings. The highest BCUT2D eigenvalue weighted by atomic mass is 32.1. The number of carbonyl (C=O) groups excluding carboxylic acids is 2. The van der Waals surface area contributed by atoms with Crippen LogP contribution in [-0.2, 0) is 4.79 Å². The minimum atomic E-state index is -0.137. The van der Waals surface area contributed by atoms with E-state index in [1.807, 2.05) is 26.8 Å². The van der Waals surface area contributed by atoms with Crippen molar-refractivity contribution < 1.29 is 14.7 Å². The van der Waals surface area contributed by atoms with Gasteiger partial charge in [0.25, 0.3) is 5.91 Å². The SMILES string of the molecule is Cc1cc(NC(=O)C2CC2)sc1C(=O)NC(CCO)C(C)C. The Morgan fingerprint density at radius 2 is 2.09 bits per heavy atom. The molecule has 22 heavy (non-hydrogen) atoms. The molecule has 2 amide bonds. The first kappa shape index (κ1) is 17.0. The van der Waals surface area contributed by atoms with Crippen LogP contribution in [0.15, 0.2) is 6.07 Å². The minimum Gasteiger partial charge on any atom is -0.396 e. The maximum atomic E-state index is 12.4. The molecule has 3 N–H and O–H groups in total. The van der Waals surface area contributed by atoms with Crippen LogP contribution in [0.2, 0.25) is 0 Å². The number of aliphatic hydroxyl groups excluding tert-OH is 1. The van der Waals surface area contributed by atoms with E-state index in [1.54, 1.807) is 0 Å². The van der Waals surface area contributed by atoms with E-state index in [0.717, 1.165) is 23.4 Å². The zero-order valence-corrected chi connectivity index (χ0v) is 14.1. The van der Waals surface area contributed by atoms with Crippen molar-refractivity contribution in [3.63, 3.8) is 0 Å². The molecule has 1 aromatic heterocycles. The second-order valence-corrected chi connectivity index (χ2v) is 7.27. The van der Waals surface area contributed by atoms with Crippen LogP contribution in [0.1, 0.15) is 48.3 Å². The quantitative estimate of drug-likeness (QED) is 0.721. The lowest BCUT2D eigenvalue weighted by molar-refractivity contribution is -0.117. The number of anilines is 1. The van der Waals surface area contributed by atoms with Gasteiger partial charge in [-0.2, -0.15) is 0 Å². The molecule has 0 saturated heterocycles. The van der Waals surface area contributed by atoms with Gasteiger partial charge in [-0.05, 0) is 43.7 Å². The Labute approximate surface area is 135 Å². The molecule has 2 rings (SSSR count). The average molecular weight is 324 g/mol. The van der Waals surface area contributed by atoms with Crippen LogP contribution >= 0.6 is 11.3 Å². The first-order valence-electron chi connectivity index (χ1n) is 7.75. The zero-order valence-electron chi connectivity index (χ0n) is 13.3. The van der Waals surface area contributed by atoms with Gasteiger partial charge in [0.1, 0.15) is 0 Å². The fourth-order valence-electron chi connectivity index (χ4n) is 2.28. The molecule has 0 radical (unpaired) electrons. The smallest absolute Gasteiger partial charge is 0.261 e. The van der Waals surface area contributed by atoms with Crippen molar-refractivity contribution in [3.05, 3.63) is 16.5 Å². The number of carbonyl (C=O) groups is 2. The van der Waals surface area contributed by atoms with Crippen LogP contribution in [0, 0.1) is 18.8 Å². The number of aryl methyl sites for hydroxylation is 1. The van der Waals surface area contributed by atoms with E-state index < -0.39 is 0 Å². The van der Waals surface area contributed by atoms with E-state index in [2.05, 4.69) is 10.6 Å². The number of rotatable bonds is 7. The van der Waals surface area contributed by atoms with Crippen molar-refractivity contribution in [3.8, 4) is 0 Å². The molecule has 1 fully saturated rings. The Morgan fingerprint density at radius 3 is 2.64 bits per heavy atom. The summed E-state index contributed by atoms with van der Waals surface area (Å²) in [5.41, 5.74) is 0.861. The molecule has 1 aliphatic carbocycles.